The van der Waals surface area contributed by atoms with Gasteiger partial charge in [0.15, 0.2) is 0 Å². The van der Waals surface area contributed by atoms with Crippen LogP contribution in [0.25, 0.3) is 0 Å². The summed E-state index contributed by atoms with van der Waals surface area (Å²) in [7, 11) is 6.76. The first-order valence-corrected chi connectivity index (χ1v) is 8.74. The summed E-state index contributed by atoms with van der Waals surface area (Å²) in [6.07, 6.45) is 6.46. The molecule has 1 N–H and O–H groups in total. The lowest BCUT2D eigenvalue weighted by Crippen LogP contribution is -2.58. The Bertz CT molecular complexity index is 304. The third-order valence-corrected chi connectivity index (χ3v) is 5.47. The van der Waals surface area contributed by atoms with E-state index in [1.54, 1.807) is 0 Å². The summed E-state index contributed by atoms with van der Waals surface area (Å²) in [5, 5.41) is 3.72. The summed E-state index contributed by atoms with van der Waals surface area (Å²) in [6, 6.07) is 0.637. The van der Waals surface area contributed by atoms with Crippen molar-refractivity contribution < 1.29 is 4.74 Å². The third kappa shape index (κ3) is 4.41. The zero-order valence-corrected chi connectivity index (χ0v) is 14.5. The second-order valence-corrected chi connectivity index (χ2v) is 7.35. The Labute approximate surface area is 131 Å². The van der Waals surface area contributed by atoms with E-state index in [9.17, 15) is 0 Å². The molecule has 4 heteroatoms. The fraction of sp³-hybridized carbons (Fsp3) is 1.00. The fourth-order valence-corrected chi connectivity index (χ4v) is 3.87. The molecule has 4 nitrogen and oxygen atoms in total. The van der Waals surface area contributed by atoms with Gasteiger partial charge in [-0.05, 0) is 59.8 Å². The zero-order valence-electron chi connectivity index (χ0n) is 14.5. The lowest BCUT2D eigenvalue weighted by Gasteiger charge is -2.50. The number of hydrogen-bond acceptors (Lipinski definition) is 4. The van der Waals surface area contributed by atoms with Crippen molar-refractivity contribution >= 4 is 0 Å². The molecule has 0 aromatic heterocycles. The lowest BCUT2D eigenvalue weighted by molar-refractivity contribution is -0.00510. The summed E-state index contributed by atoms with van der Waals surface area (Å²) in [5.74, 6) is 0.634. The van der Waals surface area contributed by atoms with Gasteiger partial charge in [0.05, 0.1) is 6.61 Å². The smallest absolute Gasteiger partial charge is 0.0521 e. The van der Waals surface area contributed by atoms with Gasteiger partial charge >= 0.3 is 0 Å². The maximum absolute atomic E-state index is 5.73. The minimum absolute atomic E-state index is 0.427. The van der Waals surface area contributed by atoms with E-state index in [-0.39, 0.29) is 0 Å². The van der Waals surface area contributed by atoms with Gasteiger partial charge in [-0.15, -0.1) is 0 Å². The van der Waals surface area contributed by atoms with E-state index in [0.29, 0.717) is 17.5 Å². The number of nitrogens with one attached hydrogen (secondary N) is 1. The van der Waals surface area contributed by atoms with Crippen LogP contribution in [0, 0.1) is 5.92 Å². The first-order valence-electron chi connectivity index (χ1n) is 8.74. The number of hydrogen-bond donors (Lipinski definition) is 1. The second-order valence-electron chi connectivity index (χ2n) is 7.35. The number of ether oxygens (including phenoxy) is 1. The molecule has 1 heterocycles. The van der Waals surface area contributed by atoms with Gasteiger partial charge in [-0.3, -0.25) is 0 Å². The predicted octanol–water partition coefficient (Wildman–Crippen LogP) is 1.81. The first kappa shape index (κ1) is 17.2. The topological polar surface area (TPSA) is 27.7 Å². The van der Waals surface area contributed by atoms with Crippen molar-refractivity contribution in [3.05, 3.63) is 0 Å². The highest BCUT2D eigenvalue weighted by Gasteiger charge is 2.40. The van der Waals surface area contributed by atoms with Crippen molar-refractivity contribution in [2.45, 2.75) is 50.6 Å². The molecule has 2 atom stereocenters. The van der Waals surface area contributed by atoms with Gasteiger partial charge in [0.2, 0.25) is 0 Å². The molecule has 0 aromatic rings. The average molecular weight is 297 g/mol. The van der Waals surface area contributed by atoms with Gasteiger partial charge in [-0.25, -0.2) is 0 Å². The highest BCUT2D eigenvalue weighted by molar-refractivity contribution is 4.98. The van der Waals surface area contributed by atoms with Crippen molar-refractivity contribution in [2.75, 3.05) is 54.0 Å². The van der Waals surface area contributed by atoms with Crippen LogP contribution in [-0.2, 0) is 4.74 Å². The van der Waals surface area contributed by atoms with Crippen LogP contribution in [0.2, 0.25) is 0 Å². The molecule has 1 saturated carbocycles. The summed E-state index contributed by atoms with van der Waals surface area (Å²) >= 11 is 0. The minimum atomic E-state index is 0.427. The predicted molar refractivity (Wildman–Crippen MR) is 88.8 cm³/mol. The van der Waals surface area contributed by atoms with E-state index in [0.717, 1.165) is 32.7 Å². The number of rotatable bonds is 8. The molecular formula is C17H35N3O. The van der Waals surface area contributed by atoms with E-state index in [4.69, 9.17) is 4.74 Å². The average Bonchev–Trinajstić information content (AvgIpc) is 2.41. The maximum atomic E-state index is 5.73. The molecule has 0 amide bonds. The summed E-state index contributed by atoms with van der Waals surface area (Å²) in [4.78, 5) is 4.98. The Morgan fingerprint density at radius 2 is 2.00 bits per heavy atom. The van der Waals surface area contributed by atoms with E-state index >= 15 is 0 Å². The van der Waals surface area contributed by atoms with Crippen LogP contribution in [-0.4, -0.2) is 75.4 Å². The van der Waals surface area contributed by atoms with E-state index < -0.39 is 0 Å². The van der Waals surface area contributed by atoms with Crippen molar-refractivity contribution in [2.24, 2.45) is 5.92 Å². The van der Waals surface area contributed by atoms with E-state index in [1.807, 2.05) is 0 Å². The first-order chi connectivity index (χ1) is 10.1. The van der Waals surface area contributed by atoms with Crippen molar-refractivity contribution in [1.82, 2.24) is 15.1 Å². The molecule has 2 aliphatic rings. The second kappa shape index (κ2) is 7.91. The summed E-state index contributed by atoms with van der Waals surface area (Å²) < 4.78 is 5.73. The van der Waals surface area contributed by atoms with E-state index in [2.05, 4.69) is 43.2 Å². The standard InChI is InChI=1S/C17H35N3O/c1-5-10-18-16-7-11-21-13-15(16)12-20(4)14-17(19(2)3)8-6-9-17/h15-16,18H,5-14H2,1-4H3. The van der Waals surface area contributed by atoms with Gasteiger partial charge in [0, 0.05) is 37.2 Å². The molecule has 0 radical (unpaired) electrons. The fourth-order valence-electron chi connectivity index (χ4n) is 3.87. The van der Waals surface area contributed by atoms with Gasteiger partial charge in [-0.2, -0.15) is 0 Å². The Morgan fingerprint density at radius 1 is 1.24 bits per heavy atom. The van der Waals surface area contributed by atoms with Gasteiger partial charge in [-0.1, -0.05) is 6.92 Å². The number of likely N-dealkylation sites (N-methyl/N-ethyl adjacent to an activating group) is 2. The quantitative estimate of drug-likeness (QED) is 0.739. The molecule has 1 saturated heterocycles. The molecule has 0 bridgehead atoms. The van der Waals surface area contributed by atoms with Crippen LogP contribution in [0.5, 0.6) is 0 Å². The Hall–Kier alpha value is -0.160. The van der Waals surface area contributed by atoms with Crippen molar-refractivity contribution in [3.8, 4) is 0 Å². The normalized spacial score (nSPS) is 28.9. The largest absolute Gasteiger partial charge is 0.381 e. The molecule has 2 rings (SSSR count). The molecular weight excluding hydrogens is 262 g/mol. The van der Waals surface area contributed by atoms with Gasteiger partial charge in [0.25, 0.3) is 0 Å². The third-order valence-electron chi connectivity index (χ3n) is 5.47. The Kier molecular flexibility index (Phi) is 6.48. The van der Waals surface area contributed by atoms with Crippen molar-refractivity contribution in [3.63, 3.8) is 0 Å². The molecule has 2 fully saturated rings. The Morgan fingerprint density at radius 3 is 2.57 bits per heavy atom. The molecule has 124 valence electrons. The van der Waals surface area contributed by atoms with Crippen molar-refractivity contribution in [1.29, 1.82) is 0 Å². The SMILES string of the molecule is CCCNC1CCOCC1CN(C)CC1(N(C)C)CCC1. The van der Waals surface area contributed by atoms with E-state index in [1.165, 1.54) is 32.2 Å². The molecule has 21 heavy (non-hydrogen) atoms. The van der Waals surface area contributed by atoms with Crippen LogP contribution >= 0.6 is 0 Å². The monoisotopic (exact) mass is 297 g/mol. The molecule has 2 unspecified atom stereocenters. The van der Waals surface area contributed by atoms with Gasteiger partial charge < -0.3 is 19.9 Å². The number of nitrogens with zero attached hydrogens (tertiary/aromatic N) is 2. The van der Waals surface area contributed by atoms with Crippen LogP contribution in [0.1, 0.15) is 39.0 Å². The minimum Gasteiger partial charge on any atom is -0.381 e. The maximum Gasteiger partial charge on any atom is 0.0521 e. The lowest BCUT2D eigenvalue weighted by atomic mass is 9.75. The molecule has 1 aliphatic carbocycles. The highest BCUT2D eigenvalue weighted by atomic mass is 16.5. The van der Waals surface area contributed by atoms with Crippen LogP contribution < -0.4 is 5.32 Å². The van der Waals surface area contributed by atoms with Crippen LogP contribution in [0.4, 0.5) is 0 Å². The summed E-state index contributed by atoms with van der Waals surface area (Å²) in [5.41, 5.74) is 0.427. The highest BCUT2D eigenvalue weighted by Crippen LogP contribution is 2.36. The molecule has 0 spiro atoms. The Balaban J connectivity index is 1.83. The van der Waals surface area contributed by atoms with Gasteiger partial charge in [0.1, 0.15) is 0 Å². The van der Waals surface area contributed by atoms with Crippen LogP contribution in [0.15, 0.2) is 0 Å². The molecule has 0 aromatic carbocycles. The molecule has 1 aliphatic heterocycles. The summed E-state index contributed by atoms with van der Waals surface area (Å²) in [6.45, 7) is 7.55. The zero-order chi connectivity index (χ0) is 15.3. The van der Waals surface area contributed by atoms with Crippen LogP contribution in [0.3, 0.4) is 0 Å².